The molecule has 0 aliphatic heterocycles. The van der Waals surface area contributed by atoms with E-state index in [2.05, 4.69) is 0 Å². The van der Waals surface area contributed by atoms with Crippen molar-refractivity contribution in [3.05, 3.63) is 43.8 Å². The third-order valence-corrected chi connectivity index (χ3v) is 2.40. The Morgan fingerprint density at radius 3 is 3.00 bits per heavy atom. The highest BCUT2D eigenvalue weighted by Crippen LogP contribution is 2.06. The van der Waals surface area contributed by atoms with Crippen LogP contribution in [0.15, 0.2) is 26.4 Å². The van der Waals surface area contributed by atoms with Crippen LogP contribution in [0.4, 0.5) is 0 Å². The van der Waals surface area contributed by atoms with Gasteiger partial charge in [-0.15, -0.1) is 0 Å². The van der Waals surface area contributed by atoms with E-state index in [4.69, 9.17) is 16.0 Å². The molecule has 0 saturated carbocycles. The van der Waals surface area contributed by atoms with Gasteiger partial charge in [0.05, 0.1) is 0 Å². The molecule has 14 heavy (non-hydrogen) atoms. The van der Waals surface area contributed by atoms with Gasteiger partial charge in [-0.2, -0.15) is 0 Å². The molecular formula is C11H9ClO2. The Kier molecular flexibility index (Phi) is 2.30. The van der Waals surface area contributed by atoms with Crippen molar-refractivity contribution in [3.8, 4) is 0 Å². The molecule has 0 N–H and O–H groups in total. The van der Waals surface area contributed by atoms with Crippen LogP contribution in [0, 0.1) is 6.92 Å². The average Bonchev–Trinajstić information content (AvgIpc) is 2.27. The molecule has 0 atom stereocenters. The Labute approximate surface area is 85.8 Å². The van der Waals surface area contributed by atoms with Crippen LogP contribution in [0.2, 0.25) is 0 Å². The fourth-order valence-electron chi connectivity index (χ4n) is 1.45. The van der Waals surface area contributed by atoms with Crippen LogP contribution in [0.5, 0.6) is 0 Å². The number of rotatable bonds is 0. The Morgan fingerprint density at radius 1 is 1.43 bits per heavy atom. The first kappa shape index (κ1) is 9.28. The first-order valence-corrected chi connectivity index (χ1v) is 4.73. The third-order valence-electron chi connectivity index (χ3n) is 2.13. The van der Waals surface area contributed by atoms with Gasteiger partial charge >= 0.3 is 5.63 Å². The van der Waals surface area contributed by atoms with Crippen molar-refractivity contribution in [2.24, 2.45) is 0 Å². The lowest BCUT2D eigenvalue weighted by Crippen LogP contribution is -2.31. The normalized spacial score (nSPS) is 14.6. The predicted octanol–water partition coefficient (Wildman–Crippen LogP) is 1.04. The molecule has 0 radical (unpaired) electrons. The van der Waals surface area contributed by atoms with Gasteiger partial charge in [-0.25, -0.2) is 4.79 Å². The van der Waals surface area contributed by atoms with Crippen molar-refractivity contribution in [2.45, 2.75) is 13.3 Å². The van der Waals surface area contributed by atoms with Gasteiger partial charge in [-0.05, 0) is 31.1 Å². The van der Waals surface area contributed by atoms with Crippen molar-refractivity contribution >= 4 is 23.8 Å². The van der Waals surface area contributed by atoms with Gasteiger partial charge in [-0.3, -0.25) is 0 Å². The lowest BCUT2D eigenvalue weighted by atomic mass is 10.2. The van der Waals surface area contributed by atoms with E-state index in [0.29, 0.717) is 16.9 Å². The molecule has 1 aromatic rings. The predicted molar refractivity (Wildman–Crippen MR) is 56.4 cm³/mol. The molecule has 0 fully saturated rings. The number of halogens is 1. The monoisotopic (exact) mass is 208 g/mol. The van der Waals surface area contributed by atoms with E-state index in [9.17, 15) is 4.79 Å². The van der Waals surface area contributed by atoms with E-state index in [-0.39, 0.29) is 5.63 Å². The molecule has 3 heteroatoms. The number of aryl methyl sites for hydroxylation is 1. The van der Waals surface area contributed by atoms with Gasteiger partial charge in [0.25, 0.3) is 0 Å². The van der Waals surface area contributed by atoms with E-state index in [1.807, 2.05) is 25.2 Å². The van der Waals surface area contributed by atoms with Crippen molar-refractivity contribution in [1.82, 2.24) is 0 Å². The van der Waals surface area contributed by atoms with Crippen LogP contribution >= 0.6 is 11.6 Å². The second-order valence-electron chi connectivity index (χ2n) is 3.20. The van der Waals surface area contributed by atoms with E-state index in [1.165, 1.54) is 6.07 Å². The van der Waals surface area contributed by atoms with Gasteiger partial charge in [0, 0.05) is 16.3 Å². The molecule has 1 heterocycles. The lowest BCUT2D eigenvalue weighted by Gasteiger charge is -1.93. The maximum Gasteiger partial charge on any atom is 0.336 e. The Bertz CT molecular complexity index is 564. The summed E-state index contributed by atoms with van der Waals surface area (Å²) in [5.74, 6) is 0. The van der Waals surface area contributed by atoms with E-state index in [1.54, 1.807) is 0 Å². The van der Waals surface area contributed by atoms with Crippen LogP contribution < -0.4 is 16.3 Å². The van der Waals surface area contributed by atoms with Crippen LogP contribution in [-0.4, -0.2) is 0 Å². The highest BCUT2D eigenvalue weighted by atomic mass is 35.5. The van der Waals surface area contributed by atoms with Gasteiger partial charge < -0.3 is 4.42 Å². The van der Waals surface area contributed by atoms with Crippen LogP contribution in [0.1, 0.15) is 12.0 Å². The highest BCUT2D eigenvalue weighted by molar-refractivity contribution is 6.34. The minimum atomic E-state index is -0.316. The van der Waals surface area contributed by atoms with E-state index in [0.717, 1.165) is 10.8 Å². The topological polar surface area (TPSA) is 30.2 Å². The standard InChI is InChI=1S/C11H9ClO2/c1-7-5-11(13)14-10-4-2-3-8(12)6-9(7)10/h3-6H,2H2,1H3. The first-order valence-electron chi connectivity index (χ1n) is 4.35. The van der Waals surface area contributed by atoms with Crippen LogP contribution in [0.25, 0.3) is 12.2 Å². The molecule has 1 aliphatic rings. The summed E-state index contributed by atoms with van der Waals surface area (Å²) >= 11 is 5.93. The average molecular weight is 209 g/mol. The number of allylic oxidation sites excluding steroid dienone is 2. The summed E-state index contributed by atoms with van der Waals surface area (Å²) in [6.45, 7) is 1.87. The SMILES string of the molecule is Cc1cc(=O)oc2c1=CC(Cl)=CCC=2. The molecule has 72 valence electrons. The molecular weight excluding hydrogens is 200 g/mol. The van der Waals surface area contributed by atoms with E-state index < -0.39 is 0 Å². The summed E-state index contributed by atoms with van der Waals surface area (Å²) in [7, 11) is 0. The molecule has 1 aromatic heterocycles. The van der Waals surface area contributed by atoms with Gasteiger partial charge in [0.1, 0.15) is 5.42 Å². The first-order chi connectivity index (χ1) is 6.66. The van der Waals surface area contributed by atoms with Gasteiger partial charge in [0.15, 0.2) is 0 Å². The second kappa shape index (κ2) is 3.46. The van der Waals surface area contributed by atoms with E-state index >= 15 is 0 Å². The summed E-state index contributed by atoms with van der Waals surface area (Å²) in [4.78, 5) is 11.1. The summed E-state index contributed by atoms with van der Waals surface area (Å²) in [5.41, 5.74) is 1.19. The van der Waals surface area contributed by atoms with Crippen molar-refractivity contribution in [3.63, 3.8) is 0 Å². The fourth-order valence-corrected chi connectivity index (χ4v) is 1.65. The maximum absolute atomic E-state index is 11.1. The zero-order valence-electron chi connectivity index (χ0n) is 7.71. The molecule has 1 aliphatic carbocycles. The minimum Gasteiger partial charge on any atom is -0.423 e. The molecule has 0 unspecified atom stereocenters. The molecule has 0 amide bonds. The van der Waals surface area contributed by atoms with Crippen molar-refractivity contribution in [2.75, 3.05) is 0 Å². The summed E-state index contributed by atoms with van der Waals surface area (Å²) in [5, 5.41) is 1.57. The summed E-state index contributed by atoms with van der Waals surface area (Å²) < 4.78 is 5.07. The zero-order chi connectivity index (χ0) is 10.1. The molecule has 0 bridgehead atoms. The van der Waals surface area contributed by atoms with Crippen molar-refractivity contribution in [1.29, 1.82) is 0 Å². The Balaban J connectivity index is 2.91. The van der Waals surface area contributed by atoms with Crippen LogP contribution in [0.3, 0.4) is 0 Å². The van der Waals surface area contributed by atoms with Crippen LogP contribution in [-0.2, 0) is 0 Å². The zero-order valence-corrected chi connectivity index (χ0v) is 8.47. The fraction of sp³-hybridized carbons (Fsp3) is 0.182. The smallest absolute Gasteiger partial charge is 0.336 e. The second-order valence-corrected chi connectivity index (χ2v) is 3.64. The third kappa shape index (κ3) is 1.66. The molecule has 0 saturated heterocycles. The maximum atomic E-state index is 11.1. The number of fused-ring (bicyclic) bond motifs is 1. The summed E-state index contributed by atoms with van der Waals surface area (Å²) in [6, 6.07) is 1.47. The minimum absolute atomic E-state index is 0.316. The number of hydrogen-bond acceptors (Lipinski definition) is 2. The van der Waals surface area contributed by atoms with Crippen molar-refractivity contribution < 1.29 is 4.42 Å². The Hall–Kier alpha value is -1.28. The molecule has 0 spiro atoms. The summed E-state index contributed by atoms with van der Waals surface area (Å²) in [6.07, 6.45) is 6.24. The lowest BCUT2D eigenvalue weighted by molar-refractivity contribution is 0.471. The van der Waals surface area contributed by atoms with Gasteiger partial charge in [-0.1, -0.05) is 17.7 Å². The number of hydrogen-bond donors (Lipinski definition) is 0. The highest BCUT2D eigenvalue weighted by Gasteiger charge is 2.00. The van der Waals surface area contributed by atoms with Gasteiger partial charge in [0.2, 0.25) is 0 Å². The largest absolute Gasteiger partial charge is 0.423 e. The molecule has 2 nitrogen and oxygen atoms in total. The molecule has 2 rings (SSSR count). The quantitative estimate of drug-likeness (QED) is 0.638. The Morgan fingerprint density at radius 2 is 2.21 bits per heavy atom. The molecule has 0 aromatic carbocycles.